The minimum absolute atomic E-state index is 0.380. The van der Waals surface area contributed by atoms with Crippen molar-refractivity contribution < 1.29 is 10.0 Å². The first-order chi connectivity index (χ1) is 15.1. The molecule has 2 aromatic carbocycles. The second kappa shape index (κ2) is 9.55. The lowest BCUT2D eigenvalue weighted by Gasteiger charge is -2.24. The first-order valence-electron chi connectivity index (χ1n) is 10.4. The number of carbonyl (C=O) groups is 1. The molecule has 0 bridgehead atoms. The van der Waals surface area contributed by atoms with Gasteiger partial charge in [-0.2, -0.15) is 0 Å². The highest BCUT2D eigenvalue weighted by molar-refractivity contribution is 5.90. The van der Waals surface area contributed by atoms with Gasteiger partial charge in [-0.25, -0.2) is 10.2 Å². The summed E-state index contributed by atoms with van der Waals surface area (Å²) in [4.78, 5) is 13.6. The van der Waals surface area contributed by atoms with Gasteiger partial charge in [-0.1, -0.05) is 29.5 Å². The summed E-state index contributed by atoms with van der Waals surface area (Å²) in [6.45, 7) is 1.98. The quantitative estimate of drug-likeness (QED) is 0.236. The summed E-state index contributed by atoms with van der Waals surface area (Å²) in [7, 11) is 0. The lowest BCUT2D eigenvalue weighted by molar-refractivity contribution is -0.124. The smallest absolute Gasteiger partial charge is 0.267 e. The molecule has 1 atom stereocenters. The maximum Gasteiger partial charge on any atom is 0.267 e. The number of aromatic nitrogens is 3. The summed E-state index contributed by atoms with van der Waals surface area (Å²) in [6.07, 6.45) is 8.07. The Labute approximate surface area is 180 Å². The molecule has 31 heavy (non-hydrogen) atoms. The van der Waals surface area contributed by atoms with Crippen LogP contribution < -0.4 is 11.2 Å². The fourth-order valence-corrected chi connectivity index (χ4v) is 3.93. The number of nitrogens with one attached hydrogen (secondary N) is 1. The Morgan fingerprint density at radius 3 is 2.71 bits per heavy atom. The molecule has 0 spiro atoms. The molecule has 2 heterocycles. The number of anilines is 1. The van der Waals surface area contributed by atoms with E-state index in [1.165, 1.54) is 18.1 Å². The van der Waals surface area contributed by atoms with Crippen molar-refractivity contribution in [2.75, 3.05) is 18.8 Å². The van der Waals surface area contributed by atoms with E-state index in [4.69, 9.17) is 10.9 Å². The van der Waals surface area contributed by atoms with E-state index >= 15 is 0 Å². The van der Waals surface area contributed by atoms with Gasteiger partial charge in [0.1, 0.15) is 0 Å². The van der Waals surface area contributed by atoms with Crippen LogP contribution in [0.5, 0.6) is 0 Å². The van der Waals surface area contributed by atoms with E-state index in [0.717, 1.165) is 48.6 Å². The number of hydroxylamine groups is 1. The summed E-state index contributed by atoms with van der Waals surface area (Å²) in [5, 5.41) is 17.1. The first-order valence-corrected chi connectivity index (χ1v) is 10.4. The number of hydrogen-bond acceptors (Lipinski definition) is 6. The average molecular weight is 419 g/mol. The molecular weight excluding hydrogens is 392 g/mol. The van der Waals surface area contributed by atoms with Crippen molar-refractivity contribution in [2.24, 2.45) is 0 Å². The third kappa shape index (κ3) is 5.17. The van der Waals surface area contributed by atoms with Gasteiger partial charge in [0.05, 0.1) is 17.6 Å². The van der Waals surface area contributed by atoms with Crippen molar-refractivity contribution in [1.82, 2.24) is 25.4 Å². The number of rotatable bonds is 7. The van der Waals surface area contributed by atoms with E-state index in [1.807, 2.05) is 42.6 Å². The third-order valence-corrected chi connectivity index (χ3v) is 5.58. The zero-order chi connectivity index (χ0) is 21.6. The Morgan fingerprint density at radius 2 is 1.97 bits per heavy atom. The Morgan fingerprint density at radius 1 is 1.19 bits per heavy atom. The molecule has 160 valence electrons. The van der Waals surface area contributed by atoms with Crippen molar-refractivity contribution in [3.05, 3.63) is 77.6 Å². The second-order valence-electron chi connectivity index (χ2n) is 7.67. The SMILES string of the molecule is Nc1ccc(-n2cc(CCN3CCCC3c3ccc(C=CC(=O)NO)cc3)nn2)cc1. The second-order valence-corrected chi connectivity index (χ2v) is 7.67. The minimum Gasteiger partial charge on any atom is -0.399 e. The number of nitrogens with zero attached hydrogens (tertiary/aromatic N) is 4. The molecule has 1 aliphatic heterocycles. The van der Waals surface area contributed by atoms with E-state index in [2.05, 4.69) is 27.3 Å². The van der Waals surface area contributed by atoms with E-state index < -0.39 is 5.91 Å². The van der Waals surface area contributed by atoms with E-state index in [0.29, 0.717) is 6.04 Å². The van der Waals surface area contributed by atoms with E-state index in [9.17, 15) is 4.79 Å². The molecule has 0 saturated carbocycles. The summed E-state index contributed by atoms with van der Waals surface area (Å²) in [5.74, 6) is -0.542. The van der Waals surface area contributed by atoms with E-state index in [1.54, 1.807) is 16.2 Å². The van der Waals surface area contributed by atoms with Crippen LogP contribution in [-0.4, -0.2) is 44.1 Å². The molecule has 3 aromatic rings. The van der Waals surface area contributed by atoms with Crippen LogP contribution in [0.15, 0.2) is 60.8 Å². The molecule has 0 radical (unpaired) electrons. The summed E-state index contributed by atoms with van der Waals surface area (Å²) in [5.41, 5.74) is 12.2. The highest BCUT2D eigenvalue weighted by Crippen LogP contribution is 2.32. The first kappa shape index (κ1) is 20.8. The van der Waals surface area contributed by atoms with Crippen LogP contribution in [0.3, 0.4) is 0 Å². The number of nitrogen functional groups attached to an aromatic ring is 1. The van der Waals surface area contributed by atoms with Gasteiger partial charge in [0, 0.05) is 30.8 Å². The average Bonchev–Trinajstić information content (AvgIpc) is 3.46. The summed E-state index contributed by atoms with van der Waals surface area (Å²) >= 11 is 0. The van der Waals surface area contributed by atoms with Crippen LogP contribution in [0.2, 0.25) is 0 Å². The van der Waals surface area contributed by atoms with Crippen LogP contribution in [0.1, 0.15) is 35.7 Å². The van der Waals surface area contributed by atoms with Crippen molar-refractivity contribution >= 4 is 17.7 Å². The van der Waals surface area contributed by atoms with Crippen molar-refractivity contribution in [3.63, 3.8) is 0 Å². The minimum atomic E-state index is -0.542. The molecular formula is C23H26N6O2. The maximum absolute atomic E-state index is 11.1. The molecule has 1 unspecified atom stereocenters. The van der Waals surface area contributed by atoms with Gasteiger partial charge < -0.3 is 5.73 Å². The van der Waals surface area contributed by atoms with Gasteiger partial charge in [0.25, 0.3) is 5.91 Å². The van der Waals surface area contributed by atoms with Crippen LogP contribution in [0, 0.1) is 0 Å². The predicted molar refractivity (Wildman–Crippen MR) is 118 cm³/mol. The predicted octanol–water partition coefficient (Wildman–Crippen LogP) is 2.75. The summed E-state index contributed by atoms with van der Waals surface area (Å²) in [6, 6.07) is 16.1. The number of carbonyl (C=O) groups excluding carboxylic acids is 1. The Hall–Kier alpha value is -3.49. The number of amides is 1. The fraction of sp³-hybridized carbons (Fsp3) is 0.261. The monoisotopic (exact) mass is 418 g/mol. The van der Waals surface area contributed by atoms with Gasteiger partial charge in [-0.15, -0.1) is 5.10 Å². The highest BCUT2D eigenvalue weighted by atomic mass is 16.5. The van der Waals surface area contributed by atoms with Crippen molar-refractivity contribution in [2.45, 2.75) is 25.3 Å². The number of nitrogens with two attached hydrogens (primary N) is 1. The standard InChI is InChI=1S/C23H26N6O2/c24-19-8-10-21(11-9-19)29-16-20(25-27-29)13-15-28-14-1-2-22(28)18-6-3-17(4-7-18)5-12-23(30)26-31/h3-12,16,22,31H,1-2,13-15,24H2,(H,26,30). The van der Waals surface area contributed by atoms with Crippen LogP contribution in [0.4, 0.5) is 5.69 Å². The van der Waals surface area contributed by atoms with Crippen LogP contribution >= 0.6 is 0 Å². The number of likely N-dealkylation sites (tertiary alicyclic amines) is 1. The maximum atomic E-state index is 11.1. The lowest BCUT2D eigenvalue weighted by Crippen LogP contribution is -2.25. The van der Waals surface area contributed by atoms with Gasteiger partial charge in [0.2, 0.25) is 0 Å². The van der Waals surface area contributed by atoms with Crippen LogP contribution in [0.25, 0.3) is 11.8 Å². The summed E-state index contributed by atoms with van der Waals surface area (Å²) < 4.78 is 1.78. The highest BCUT2D eigenvalue weighted by Gasteiger charge is 2.25. The molecule has 4 rings (SSSR count). The number of hydrogen-bond donors (Lipinski definition) is 3. The van der Waals surface area contributed by atoms with Gasteiger partial charge in [-0.3, -0.25) is 14.9 Å². The fourth-order valence-electron chi connectivity index (χ4n) is 3.93. The lowest BCUT2D eigenvalue weighted by atomic mass is 10.0. The van der Waals surface area contributed by atoms with Crippen molar-refractivity contribution in [1.29, 1.82) is 0 Å². The van der Waals surface area contributed by atoms with Gasteiger partial charge in [-0.05, 0) is 60.9 Å². The molecule has 1 fully saturated rings. The van der Waals surface area contributed by atoms with E-state index in [-0.39, 0.29) is 0 Å². The molecule has 8 nitrogen and oxygen atoms in total. The van der Waals surface area contributed by atoms with Gasteiger partial charge >= 0.3 is 0 Å². The Kier molecular flexibility index (Phi) is 6.40. The van der Waals surface area contributed by atoms with Crippen molar-refractivity contribution in [3.8, 4) is 5.69 Å². The molecule has 1 aliphatic rings. The molecule has 1 aromatic heterocycles. The normalized spacial score (nSPS) is 16.7. The van der Waals surface area contributed by atoms with Crippen LogP contribution in [-0.2, 0) is 11.2 Å². The zero-order valence-corrected chi connectivity index (χ0v) is 17.2. The molecule has 4 N–H and O–H groups in total. The zero-order valence-electron chi connectivity index (χ0n) is 17.2. The Balaban J connectivity index is 1.36. The van der Waals surface area contributed by atoms with Gasteiger partial charge in [0.15, 0.2) is 0 Å². The largest absolute Gasteiger partial charge is 0.399 e. The molecule has 1 saturated heterocycles. The third-order valence-electron chi connectivity index (χ3n) is 5.58. The number of benzene rings is 2. The molecule has 0 aliphatic carbocycles. The Bertz CT molecular complexity index is 1040. The topological polar surface area (TPSA) is 109 Å². The molecule has 1 amide bonds. The molecule has 8 heteroatoms.